The summed E-state index contributed by atoms with van der Waals surface area (Å²) in [7, 11) is 1.48. The van der Waals surface area contributed by atoms with E-state index < -0.39 is 18.1 Å². The van der Waals surface area contributed by atoms with Crippen LogP contribution in [0, 0.1) is 11.3 Å². The van der Waals surface area contributed by atoms with E-state index in [2.05, 4.69) is 11.4 Å². The Labute approximate surface area is 247 Å². The van der Waals surface area contributed by atoms with Crippen LogP contribution in [0.3, 0.4) is 0 Å². The molecule has 0 spiro atoms. The van der Waals surface area contributed by atoms with Gasteiger partial charge in [0.15, 0.2) is 0 Å². The van der Waals surface area contributed by atoms with E-state index in [1.165, 1.54) is 12.0 Å². The van der Waals surface area contributed by atoms with E-state index in [-0.39, 0.29) is 18.0 Å². The van der Waals surface area contributed by atoms with E-state index in [1.807, 2.05) is 31.2 Å². The highest BCUT2D eigenvalue weighted by Gasteiger charge is 2.45. The Morgan fingerprint density at radius 2 is 1.73 bits per heavy atom. The highest BCUT2D eigenvalue weighted by atomic mass is 35.5. The minimum Gasteiger partial charge on any atom is -0.495 e. The molecule has 3 amide bonds. The lowest BCUT2D eigenvalue weighted by molar-refractivity contribution is -0.123. The number of piperazine rings is 1. The maximum atomic E-state index is 14.4. The lowest BCUT2D eigenvalue weighted by Gasteiger charge is -2.35. The fourth-order valence-electron chi connectivity index (χ4n) is 5.08. The number of carbonyl (C=O) groups is 2. The number of rotatable bonds is 6. The first kappa shape index (κ1) is 28.3. The second-order valence-corrected chi connectivity index (χ2v) is 10.3. The lowest BCUT2D eigenvalue weighted by Crippen LogP contribution is -2.55. The van der Waals surface area contributed by atoms with Crippen molar-refractivity contribution in [1.82, 2.24) is 15.1 Å². The number of nitriles is 1. The van der Waals surface area contributed by atoms with Crippen molar-refractivity contribution >= 4 is 41.0 Å². The van der Waals surface area contributed by atoms with Gasteiger partial charge in [-0.25, -0.2) is 4.79 Å². The molecule has 9 nitrogen and oxygen atoms in total. The molecule has 0 saturated carbocycles. The van der Waals surface area contributed by atoms with Gasteiger partial charge in [0, 0.05) is 29.2 Å². The highest BCUT2D eigenvalue weighted by molar-refractivity contribution is 6.30. The van der Waals surface area contributed by atoms with Crippen LogP contribution in [0.15, 0.2) is 65.7 Å². The largest absolute Gasteiger partial charge is 0.495 e. The molecular weight excluding hydrogens is 565 g/mol. The Balaban J connectivity index is 1.75. The number of amides is 3. The van der Waals surface area contributed by atoms with Crippen molar-refractivity contribution in [2.24, 2.45) is 4.99 Å². The molecule has 0 bridgehead atoms. The zero-order valence-corrected chi connectivity index (χ0v) is 23.9. The fraction of sp³-hybridized carbons (Fsp3) is 0.267. The number of nitrogens with zero attached hydrogens (tertiary/aromatic N) is 4. The van der Waals surface area contributed by atoms with Gasteiger partial charge in [-0.2, -0.15) is 5.26 Å². The molecule has 1 fully saturated rings. The van der Waals surface area contributed by atoms with Crippen molar-refractivity contribution in [3.05, 3.63) is 93.0 Å². The highest BCUT2D eigenvalue weighted by Crippen LogP contribution is 2.46. The zero-order valence-electron chi connectivity index (χ0n) is 22.4. The van der Waals surface area contributed by atoms with Gasteiger partial charge in [-0.05, 0) is 48.4 Å². The lowest BCUT2D eigenvalue weighted by atomic mass is 9.93. The number of halogens is 2. The Morgan fingerprint density at radius 3 is 2.32 bits per heavy atom. The number of urea groups is 1. The molecule has 11 heteroatoms. The first-order valence-corrected chi connectivity index (χ1v) is 13.8. The Bertz CT molecular complexity index is 1540. The van der Waals surface area contributed by atoms with Crippen LogP contribution >= 0.6 is 23.2 Å². The van der Waals surface area contributed by atoms with Gasteiger partial charge >= 0.3 is 6.03 Å². The van der Waals surface area contributed by atoms with E-state index in [4.69, 9.17) is 37.7 Å². The first-order chi connectivity index (χ1) is 19.8. The first-order valence-electron chi connectivity index (χ1n) is 13.0. The maximum absolute atomic E-state index is 14.4. The summed E-state index contributed by atoms with van der Waals surface area (Å²) >= 11 is 12.4. The summed E-state index contributed by atoms with van der Waals surface area (Å²) in [5, 5.41) is 13.8. The van der Waals surface area contributed by atoms with E-state index in [1.54, 1.807) is 41.3 Å². The summed E-state index contributed by atoms with van der Waals surface area (Å²) in [6.07, 6.45) is 0. The predicted octanol–water partition coefficient (Wildman–Crippen LogP) is 5.37. The Kier molecular flexibility index (Phi) is 8.34. The van der Waals surface area contributed by atoms with Crippen LogP contribution in [0.1, 0.15) is 41.3 Å². The van der Waals surface area contributed by atoms with E-state index in [9.17, 15) is 14.9 Å². The minimum atomic E-state index is -0.608. The second kappa shape index (κ2) is 12.1. The Morgan fingerprint density at radius 1 is 1.07 bits per heavy atom. The molecule has 1 N–H and O–H groups in total. The zero-order chi connectivity index (χ0) is 29.1. The average molecular weight is 592 g/mol. The third-order valence-corrected chi connectivity index (χ3v) is 7.47. The second-order valence-electron chi connectivity index (χ2n) is 9.46. The number of hydrogen-bond donors (Lipinski definition) is 1. The van der Waals surface area contributed by atoms with Gasteiger partial charge in [-0.1, -0.05) is 47.5 Å². The summed E-state index contributed by atoms with van der Waals surface area (Å²) in [6.45, 7) is 2.75. The van der Waals surface area contributed by atoms with Gasteiger partial charge in [0.2, 0.25) is 5.91 Å². The quantitative estimate of drug-likeness (QED) is 0.414. The number of hydrogen-bond acceptors (Lipinski definition) is 6. The van der Waals surface area contributed by atoms with Crippen LogP contribution in [-0.4, -0.2) is 60.9 Å². The standard InChI is InChI=1S/C30H27Cl2N5O4/c1-3-41-25-15-24(40-2)20(16-33)14-23(25)29-35-27(18-4-8-21(31)9-5-18)28(19-6-10-22(32)11-7-19)37(29)30(39)36-13-12-34-26(38)17-36/h4-11,14-15,27-28H,3,12-13,17H2,1-2H3,(H,34,38)/t27-,28+/m0/s1. The van der Waals surface area contributed by atoms with Crippen molar-refractivity contribution in [3.63, 3.8) is 0 Å². The summed E-state index contributed by atoms with van der Waals surface area (Å²) in [5.74, 6) is 0.810. The van der Waals surface area contributed by atoms with Gasteiger partial charge in [0.05, 0.1) is 30.9 Å². The molecular formula is C30H27Cl2N5O4. The third-order valence-electron chi connectivity index (χ3n) is 6.97. The van der Waals surface area contributed by atoms with E-state index in [0.717, 1.165) is 11.1 Å². The number of ether oxygens (including phenoxy) is 2. The molecule has 0 unspecified atom stereocenters. The molecule has 210 valence electrons. The van der Waals surface area contributed by atoms with Gasteiger partial charge in [-0.3, -0.25) is 14.7 Å². The molecule has 0 radical (unpaired) electrons. The normalized spacial score (nSPS) is 18.4. The summed E-state index contributed by atoms with van der Waals surface area (Å²) in [6, 6.07) is 18.4. The minimum absolute atomic E-state index is 0.0913. The monoisotopic (exact) mass is 591 g/mol. The van der Waals surface area contributed by atoms with Crippen LogP contribution in [0.4, 0.5) is 4.79 Å². The molecule has 2 aliphatic rings. The van der Waals surface area contributed by atoms with Gasteiger partial charge < -0.3 is 19.7 Å². The molecule has 3 aromatic rings. The van der Waals surface area contributed by atoms with Crippen LogP contribution in [0.25, 0.3) is 0 Å². The SMILES string of the molecule is CCOc1cc(OC)c(C#N)cc1C1=N[C@@H](c2ccc(Cl)cc2)[C@@H](c2ccc(Cl)cc2)N1C(=O)N1CCNC(=O)C1. The molecule has 41 heavy (non-hydrogen) atoms. The van der Waals surface area contributed by atoms with Gasteiger partial charge in [-0.15, -0.1) is 0 Å². The maximum Gasteiger partial charge on any atom is 0.326 e. The van der Waals surface area contributed by atoms with E-state index >= 15 is 0 Å². The van der Waals surface area contributed by atoms with Crippen LogP contribution in [0.5, 0.6) is 11.5 Å². The number of amidine groups is 1. The molecule has 2 aliphatic heterocycles. The smallest absolute Gasteiger partial charge is 0.326 e. The third kappa shape index (κ3) is 5.67. The number of nitrogens with one attached hydrogen (secondary N) is 1. The average Bonchev–Trinajstić information content (AvgIpc) is 3.37. The number of methoxy groups -OCH3 is 1. The molecule has 2 heterocycles. The molecule has 1 saturated heterocycles. The molecule has 3 aromatic carbocycles. The molecule has 0 aromatic heterocycles. The van der Waals surface area contributed by atoms with Crippen LogP contribution in [0.2, 0.25) is 10.0 Å². The molecule has 0 aliphatic carbocycles. The van der Waals surface area contributed by atoms with Crippen LogP contribution in [-0.2, 0) is 4.79 Å². The van der Waals surface area contributed by atoms with Crippen molar-refractivity contribution in [2.75, 3.05) is 33.4 Å². The molecule has 5 rings (SSSR count). The van der Waals surface area contributed by atoms with Crippen LogP contribution < -0.4 is 14.8 Å². The summed E-state index contributed by atoms with van der Waals surface area (Å²) in [4.78, 5) is 34.9. The van der Waals surface area contributed by atoms with Gasteiger partial charge in [0.1, 0.15) is 36.0 Å². The van der Waals surface area contributed by atoms with E-state index in [0.29, 0.717) is 52.6 Å². The van der Waals surface area contributed by atoms with Crippen molar-refractivity contribution < 1.29 is 19.1 Å². The van der Waals surface area contributed by atoms with Crippen molar-refractivity contribution in [2.45, 2.75) is 19.0 Å². The number of benzene rings is 3. The van der Waals surface area contributed by atoms with Crippen molar-refractivity contribution in [3.8, 4) is 17.6 Å². The number of carbonyl (C=O) groups excluding carboxylic acids is 2. The topological polar surface area (TPSA) is 107 Å². The predicted molar refractivity (Wildman–Crippen MR) is 156 cm³/mol. The fourth-order valence-corrected chi connectivity index (χ4v) is 5.33. The molecule has 2 atom stereocenters. The van der Waals surface area contributed by atoms with Crippen molar-refractivity contribution in [1.29, 1.82) is 5.26 Å². The summed E-state index contributed by atoms with van der Waals surface area (Å²) < 4.78 is 11.4. The summed E-state index contributed by atoms with van der Waals surface area (Å²) in [5.41, 5.74) is 2.33. The Hall–Kier alpha value is -4.26. The van der Waals surface area contributed by atoms with Gasteiger partial charge in [0.25, 0.3) is 0 Å². The number of aliphatic imine (C=N–C) groups is 1.